The van der Waals surface area contributed by atoms with Gasteiger partial charge in [0.1, 0.15) is 0 Å². The highest BCUT2D eigenvalue weighted by Gasteiger charge is 1.96. The van der Waals surface area contributed by atoms with Crippen LogP contribution in [0.25, 0.3) is 0 Å². The average molecular weight is 261 g/mol. The zero-order valence-corrected chi connectivity index (χ0v) is 10.9. The first-order valence-electron chi connectivity index (χ1n) is 6.38. The number of hydrogen-bond donors (Lipinski definition) is 3. The first-order valence-corrected chi connectivity index (χ1v) is 6.38. The largest absolute Gasteiger partial charge is 0.465 e. The Morgan fingerprint density at radius 2 is 2.16 bits per heavy atom. The number of carbonyl (C=O) groups is 1. The molecule has 0 aromatic heterocycles. The van der Waals surface area contributed by atoms with Gasteiger partial charge in [0.25, 0.3) is 0 Å². The molecule has 0 aliphatic rings. The highest BCUT2D eigenvalue weighted by atomic mass is 16.4. The van der Waals surface area contributed by atoms with Crippen LogP contribution in [0.2, 0.25) is 0 Å². The second-order valence-corrected chi connectivity index (χ2v) is 4.16. The van der Waals surface area contributed by atoms with E-state index in [2.05, 4.69) is 17.2 Å². The molecule has 0 atom stereocenters. The van der Waals surface area contributed by atoms with Gasteiger partial charge in [0.2, 0.25) is 0 Å². The molecule has 3 N–H and O–H groups in total. The first-order chi connectivity index (χ1) is 9.22. The third-order valence-electron chi connectivity index (χ3n) is 2.54. The van der Waals surface area contributed by atoms with Crippen LogP contribution in [0.4, 0.5) is 4.79 Å². The van der Waals surface area contributed by atoms with E-state index in [1.807, 2.05) is 24.3 Å². The van der Waals surface area contributed by atoms with Crippen LogP contribution < -0.4 is 5.32 Å². The Hall–Kier alpha value is -1.99. The Morgan fingerprint density at radius 3 is 2.89 bits per heavy atom. The van der Waals surface area contributed by atoms with Gasteiger partial charge in [-0.15, -0.1) is 0 Å². The maximum Gasteiger partial charge on any atom is 0.404 e. The van der Waals surface area contributed by atoms with Crippen molar-refractivity contribution in [3.63, 3.8) is 0 Å². The van der Waals surface area contributed by atoms with Crippen molar-refractivity contribution >= 4 is 6.09 Å². The fourth-order valence-electron chi connectivity index (χ4n) is 1.62. The van der Waals surface area contributed by atoms with Crippen LogP contribution >= 0.6 is 0 Å². The van der Waals surface area contributed by atoms with Crippen LogP contribution in [0.3, 0.4) is 0 Å². The number of amides is 1. The van der Waals surface area contributed by atoms with Crippen LogP contribution in [0.1, 0.15) is 30.4 Å². The number of aliphatic hydroxyl groups is 1. The molecule has 0 aliphatic carbocycles. The Kier molecular flexibility index (Phi) is 7.14. The van der Waals surface area contributed by atoms with E-state index in [1.165, 1.54) is 0 Å². The second-order valence-electron chi connectivity index (χ2n) is 4.16. The third-order valence-corrected chi connectivity index (χ3v) is 2.54. The van der Waals surface area contributed by atoms with Gasteiger partial charge in [-0.1, -0.05) is 24.0 Å². The van der Waals surface area contributed by atoms with Crippen molar-refractivity contribution in [3.8, 4) is 11.8 Å². The standard InChI is InChI=1S/C15H19NO3/c17-11-3-1-2-6-13-7-4-8-14(12-13)9-5-10-16-15(18)19/h4,7-8,12,16-17H,1,3,5,9-11H2,(H,18,19). The van der Waals surface area contributed by atoms with E-state index >= 15 is 0 Å². The lowest BCUT2D eigenvalue weighted by Crippen LogP contribution is -2.22. The quantitative estimate of drug-likeness (QED) is 0.542. The minimum atomic E-state index is -0.983. The summed E-state index contributed by atoms with van der Waals surface area (Å²) in [6.07, 6.45) is 2.01. The van der Waals surface area contributed by atoms with Crippen molar-refractivity contribution in [2.45, 2.75) is 25.7 Å². The van der Waals surface area contributed by atoms with Gasteiger partial charge in [-0.2, -0.15) is 0 Å². The SMILES string of the molecule is O=C(O)NCCCc1cccc(C#CCCCO)c1. The van der Waals surface area contributed by atoms with Gasteiger partial charge in [0, 0.05) is 25.1 Å². The van der Waals surface area contributed by atoms with Crippen molar-refractivity contribution in [2.24, 2.45) is 0 Å². The Labute approximate surface area is 113 Å². The molecule has 0 heterocycles. The van der Waals surface area contributed by atoms with E-state index < -0.39 is 6.09 Å². The van der Waals surface area contributed by atoms with Gasteiger partial charge in [-0.25, -0.2) is 4.79 Å². The molecular formula is C15H19NO3. The predicted octanol–water partition coefficient (Wildman–Crippen LogP) is 2.01. The molecule has 1 aromatic carbocycles. The molecule has 0 bridgehead atoms. The maximum atomic E-state index is 10.3. The zero-order valence-electron chi connectivity index (χ0n) is 10.9. The number of aliphatic hydroxyl groups excluding tert-OH is 1. The normalized spacial score (nSPS) is 9.53. The van der Waals surface area contributed by atoms with Crippen LogP contribution in [0.15, 0.2) is 24.3 Å². The summed E-state index contributed by atoms with van der Waals surface area (Å²) >= 11 is 0. The number of aryl methyl sites for hydroxylation is 1. The summed E-state index contributed by atoms with van der Waals surface area (Å²) in [6, 6.07) is 7.94. The second kappa shape index (κ2) is 9.01. The minimum absolute atomic E-state index is 0.172. The lowest BCUT2D eigenvalue weighted by atomic mass is 10.1. The van der Waals surface area contributed by atoms with Crippen LogP contribution in [0.5, 0.6) is 0 Å². The summed E-state index contributed by atoms with van der Waals surface area (Å²) in [5.74, 6) is 6.07. The van der Waals surface area contributed by atoms with Gasteiger partial charge in [0.15, 0.2) is 0 Å². The highest BCUT2D eigenvalue weighted by molar-refractivity contribution is 5.64. The smallest absolute Gasteiger partial charge is 0.404 e. The van der Waals surface area contributed by atoms with Crippen molar-refractivity contribution in [1.29, 1.82) is 0 Å². The van der Waals surface area contributed by atoms with Gasteiger partial charge in [0.05, 0.1) is 0 Å². The predicted molar refractivity (Wildman–Crippen MR) is 74.0 cm³/mol. The number of carboxylic acid groups (broad SMARTS) is 1. The summed E-state index contributed by atoms with van der Waals surface area (Å²) in [4.78, 5) is 10.3. The van der Waals surface area contributed by atoms with Crippen molar-refractivity contribution in [3.05, 3.63) is 35.4 Å². The average Bonchev–Trinajstić information content (AvgIpc) is 2.40. The Morgan fingerprint density at radius 1 is 1.32 bits per heavy atom. The minimum Gasteiger partial charge on any atom is -0.465 e. The van der Waals surface area contributed by atoms with E-state index in [0.717, 1.165) is 24.0 Å². The fraction of sp³-hybridized carbons (Fsp3) is 0.400. The molecule has 1 rings (SSSR count). The number of rotatable bonds is 6. The highest BCUT2D eigenvalue weighted by Crippen LogP contribution is 2.06. The van der Waals surface area contributed by atoms with Gasteiger partial charge in [-0.3, -0.25) is 0 Å². The van der Waals surface area contributed by atoms with E-state index in [1.54, 1.807) is 0 Å². The molecule has 1 amide bonds. The molecule has 0 saturated heterocycles. The molecule has 4 heteroatoms. The lowest BCUT2D eigenvalue weighted by Gasteiger charge is -2.02. The fourth-order valence-corrected chi connectivity index (χ4v) is 1.62. The Balaban J connectivity index is 2.42. The van der Waals surface area contributed by atoms with Gasteiger partial charge < -0.3 is 15.5 Å². The molecule has 0 aliphatic heterocycles. The number of benzene rings is 1. The topological polar surface area (TPSA) is 69.6 Å². The zero-order chi connectivity index (χ0) is 13.9. The molecule has 0 radical (unpaired) electrons. The van der Waals surface area contributed by atoms with E-state index in [4.69, 9.17) is 10.2 Å². The van der Waals surface area contributed by atoms with Crippen LogP contribution in [-0.4, -0.2) is 29.5 Å². The van der Waals surface area contributed by atoms with Crippen molar-refractivity contribution in [1.82, 2.24) is 5.32 Å². The van der Waals surface area contributed by atoms with Gasteiger partial charge in [-0.05, 0) is 37.0 Å². The lowest BCUT2D eigenvalue weighted by molar-refractivity contribution is 0.194. The van der Waals surface area contributed by atoms with Crippen molar-refractivity contribution in [2.75, 3.05) is 13.2 Å². The number of unbranched alkanes of at least 4 members (excludes halogenated alkanes) is 1. The molecule has 102 valence electrons. The molecule has 0 spiro atoms. The molecule has 0 unspecified atom stereocenters. The maximum absolute atomic E-state index is 10.3. The summed E-state index contributed by atoms with van der Waals surface area (Å²) in [5, 5.41) is 19.4. The van der Waals surface area contributed by atoms with Crippen LogP contribution in [0, 0.1) is 11.8 Å². The molecule has 0 fully saturated rings. The summed E-state index contributed by atoms with van der Waals surface area (Å²) in [6.45, 7) is 0.632. The molecule has 19 heavy (non-hydrogen) atoms. The van der Waals surface area contributed by atoms with E-state index in [9.17, 15) is 4.79 Å². The molecule has 4 nitrogen and oxygen atoms in total. The van der Waals surface area contributed by atoms with Crippen molar-refractivity contribution < 1.29 is 15.0 Å². The Bertz CT molecular complexity index is 460. The summed E-state index contributed by atoms with van der Waals surface area (Å²) < 4.78 is 0. The number of hydrogen-bond acceptors (Lipinski definition) is 2. The van der Waals surface area contributed by atoms with E-state index in [-0.39, 0.29) is 6.61 Å². The van der Waals surface area contributed by atoms with E-state index in [0.29, 0.717) is 19.4 Å². The molecular weight excluding hydrogens is 242 g/mol. The summed E-state index contributed by atoms with van der Waals surface area (Å²) in [7, 11) is 0. The monoisotopic (exact) mass is 261 g/mol. The molecule has 1 aromatic rings. The number of nitrogens with one attached hydrogen (secondary N) is 1. The molecule has 0 saturated carbocycles. The van der Waals surface area contributed by atoms with Crippen LogP contribution in [-0.2, 0) is 6.42 Å². The van der Waals surface area contributed by atoms with Gasteiger partial charge >= 0.3 is 6.09 Å². The summed E-state index contributed by atoms with van der Waals surface area (Å²) in [5.41, 5.74) is 2.11. The first kappa shape index (κ1) is 15.1. The third kappa shape index (κ3) is 7.12.